The summed E-state index contributed by atoms with van der Waals surface area (Å²) in [6, 6.07) is 7.74. The van der Waals surface area contributed by atoms with Gasteiger partial charge in [0.1, 0.15) is 11.4 Å². The Bertz CT molecular complexity index is 1070. The van der Waals surface area contributed by atoms with E-state index in [4.69, 9.17) is 11.0 Å². The zero-order chi connectivity index (χ0) is 22.0. The molecular formula is C18H15F4N3O3S. The number of carbonyl (C=O) groups is 1. The van der Waals surface area contributed by atoms with E-state index in [0.29, 0.717) is 6.07 Å². The van der Waals surface area contributed by atoms with Crippen LogP contribution in [0.3, 0.4) is 0 Å². The summed E-state index contributed by atoms with van der Waals surface area (Å²) in [5, 5.41) is 9.88. The van der Waals surface area contributed by atoms with Gasteiger partial charge in [-0.25, -0.2) is 12.8 Å². The van der Waals surface area contributed by atoms with E-state index in [-0.39, 0.29) is 5.69 Å². The van der Waals surface area contributed by atoms with Gasteiger partial charge >= 0.3 is 6.18 Å². The van der Waals surface area contributed by atoms with Gasteiger partial charge in [-0.2, -0.15) is 18.4 Å². The number of nitriles is 1. The SMILES string of the molecule is C[C@@](N)(CNc1ccc(C#N)c(C(F)(F)F)c1)C(=O)S(=O)(=O)c1ccc(F)cc1. The summed E-state index contributed by atoms with van der Waals surface area (Å²) in [6.45, 7) is 0.577. The van der Waals surface area contributed by atoms with Crippen molar-refractivity contribution in [3.8, 4) is 6.07 Å². The van der Waals surface area contributed by atoms with E-state index >= 15 is 0 Å². The van der Waals surface area contributed by atoms with Gasteiger partial charge in [-0.3, -0.25) is 4.79 Å². The van der Waals surface area contributed by atoms with Crippen LogP contribution in [0.1, 0.15) is 18.1 Å². The van der Waals surface area contributed by atoms with Crippen molar-refractivity contribution < 1.29 is 30.8 Å². The molecule has 1 atom stereocenters. The van der Waals surface area contributed by atoms with Crippen LogP contribution in [0.5, 0.6) is 0 Å². The fourth-order valence-corrected chi connectivity index (χ4v) is 3.77. The molecule has 0 aliphatic heterocycles. The van der Waals surface area contributed by atoms with Gasteiger partial charge in [-0.05, 0) is 49.4 Å². The molecule has 0 unspecified atom stereocenters. The average molecular weight is 429 g/mol. The van der Waals surface area contributed by atoms with E-state index < -0.39 is 55.1 Å². The molecular weight excluding hydrogens is 414 g/mol. The van der Waals surface area contributed by atoms with Gasteiger partial charge < -0.3 is 11.1 Å². The largest absolute Gasteiger partial charge is 0.417 e. The lowest BCUT2D eigenvalue weighted by Gasteiger charge is -2.24. The van der Waals surface area contributed by atoms with Gasteiger partial charge in [0.15, 0.2) is 0 Å². The first kappa shape index (κ1) is 22.3. The molecule has 0 aliphatic rings. The molecule has 2 rings (SSSR count). The molecule has 154 valence electrons. The monoisotopic (exact) mass is 429 g/mol. The minimum absolute atomic E-state index is 0.111. The fourth-order valence-electron chi connectivity index (χ4n) is 2.37. The molecule has 11 heteroatoms. The lowest BCUT2D eigenvalue weighted by Crippen LogP contribution is -2.53. The summed E-state index contributed by atoms with van der Waals surface area (Å²) < 4.78 is 76.9. The minimum atomic E-state index is -4.78. The van der Waals surface area contributed by atoms with E-state index in [9.17, 15) is 30.8 Å². The van der Waals surface area contributed by atoms with Gasteiger partial charge in [-0.15, -0.1) is 0 Å². The average Bonchev–Trinajstić information content (AvgIpc) is 2.65. The summed E-state index contributed by atoms with van der Waals surface area (Å²) >= 11 is 0. The highest BCUT2D eigenvalue weighted by Crippen LogP contribution is 2.33. The van der Waals surface area contributed by atoms with Crippen LogP contribution in [0, 0.1) is 17.1 Å². The van der Waals surface area contributed by atoms with Gasteiger partial charge in [0.2, 0.25) is 9.84 Å². The van der Waals surface area contributed by atoms with E-state index in [1.165, 1.54) is 12.1 Å². The van der Waals surface area contributed by atoms with Gasteiger partial charge in [0.05, 0.1) is 22.1 Å². The van der Waals surface area contributed by atoms with Crippen molar-refractivity contribution in [1.29, 1.82) is 5.26 Å². The van der Waals surface area contributed by atoms with E-state index in [2.05, 4.69) is 5.32 Å². The van der Waals surface area contributed by atoms with Crippen molar-refractivity contribution in [3.05, 3.63) is 59.4 Å². The van der Waals surface area contributed by atoms with Crippen molar-refractivity contribution in [3.63, 3.8) is 0 Å². The molecule has 0 aromatic heterocycles. The Morgan fingerprint density at radius 2 is 1.76 bits per heavy atom. The molecule has 6 nitrogen and oxygen atoms in total. The highest BCUT2D eigenvalue weighted by Gasteiger charge is 2.39. The summed E-state index contributed by atoms with van der Waals surface area (Å²) in [7, 11) is -4.55. The first-order chi connectivity index (χ1) is 13.3. The van der Waals surface area contributed by atoms with Crippen LogP contribution in [0.2, 0.25) is 0 Å². The van der Waals surface area contributed by atoms with Crippen LogP contribution in [-0.4, -0.2) is 25.6 Å². The van der Waals surface area contributed by atoms with Crippen LogP contribution >= 0.6 is 0 Å². The Morgan fingerprint density at radius 3 is 2.28 bits per heavy atom. The first-order valence-corrected chi connectivity index (χ1v) is 9.46. The molecule has 0 aliphatic carbocycles. The number of rotatable bonds is 5. The van der Waals surface area contributed by atoms with E-state index in [0.717, 1.165) is 37.3 Å². The van der Waals surface area contributed by atoms with Crippen molar-refractivity contribution in [2.24, 2.45) is 5.73 Å². The minimum Gasteiger partial charge on any atom is -0.383 e. The van der Waals surface area contributed by atoms with Gasteiger partial charge in [-0.1, -0.05) is 0 Å². The zero-order valence-electron chi connectivity index (χ0n) is 14.9. The normalized spacial score (nSPS) is 14.0. The van der Waals surface area contributed by atoms with Crippen molar-refractivity contribution >= 4 is 20.6 Å². The highest BCUT2D eigenvalue weighted by atomic mass is 32.2. The number of carbonyl (C=O) groups excluding carboxylic acids is 1. The Balaban J connectivity index is 2.24. The molecule has 2 aromatic rings. The topological polar surface area (TPSA) is 113 Å². The third-order valence-electron chi connectivity index (χ3n) is 3.94. The molecule has 0 spiro atoms. The number of halogens is 4. The van der Waals surface area contributed by atoms with E-state index in [1.54, 1.807) is 0 Å². The van der Waals surface area contributed by atoms with Crippen LogP contribution in [0.4, 0.5) is 23.2 Å². The van der Waals surface area contributed by atoms with Crippen LogP contribution < -0.4 is 11.1 Å². The zero-order valence-corrected chi connectivity index (χ0v) is 15.7. The summed E-state index contributed by atoms with van der Waals surface area (Å²) in [5.41, 5.74) is 1.90. The summed E-state index contributed by atoms with van der Waals surface area (Å²) in [4.78, 5) is 12.0. The highest BCUT2D eigenvalue weighted by molar-refractivity contribution is 8.06. The van der Waals surface area contributed by atoms with Gasteiger partial charge in [0, 0.05) is 12.2 Å². The lowest BCUT2D eigenvalue weighted by atomic mass is 10.0. The number of sulfone groups is 1. The Morgan fingerprint density at radius 1 is 1.17 bits per heavy atom. The maximum absolute atomic E-state index is 13.0. The number of alkyl halides is 3. The van der Waals surface area contributed by atoms with Crippen molar-refractivity contribution in [1.82, 2.24) is 0 Å². The molecule has 2 aromatic carbocycles. The molecule has 29 heavy (non-hydrogen) atoms. The van der Waals surface area contributed by atoms with Crippen LogP contribution in [0.15, 0.2) is 47.4 Å². The second-order valence-electron chi connectivity index (χ2n) is 6.39. The fraction of sp³-hybridized carbons (Fsp3) is 0.222. The number of benzene rings is 2. The predicted molar refractivity (Wildman–Crippen MR) is 95.8 cm³/mol. The van der Waals surface area contributed by atoms with Crippen LogP contribution in [-0.2, 0) is 20.8 Å². The maximum Gasteiger partial charge on any atom is 0.417 e. The summed E-state index contributed by atoms with van der Waals surface area (Å²) in [6.07, 6.45) is -4.78. The second-order valence-corrected chi connectivity index (χ2v) is 8.23. The number of hydrogen-bond donors (Lipinski definition) is 2. The molecule has 0 fully saturated rings. The number of nitrogens with zero attached hydrogens (tertiary/aromatic N) is 1. The molecule has 0 saturated carbocycles. The third kappa shape index (κ3) is 4.90. The molecule has 0 bridgehead atoms. The number of nitrogens with one attached hydrogen (secondary N) is 1. The van der Waals surface area contributed by atoms with Gasteiger partial charge in [0.25, 0.3) is 5.12 Å². The molecule has 0 heterocycles. The molecule has 0 radical (unpaired) electrons. The van der Waals surface area contributed by atoms with E-state index in [1.807, 2.05) is 0 Å². The maximum atomic E-state index is 13.0. The smallest absolute Gasteiger partial charge is 0.383 e. The lowest BCUT2D eigenvalue weighted by molar-refractivity contribution is -0.137. The van der Waals surface area contributed by atoms with Crippen molar-refractivity contribution in [2.75, 3.05) is 11.9 Å². The molecule has 3 N–H and O–H groups in total. The second kappa shape index (κ2) is 7.81. The Kier molecular flexibility index (Phi) is 6.01. The number of hydrogen-bond acceptors (Lipinski definition) is 6. The van der Waals surface area contributed by atoms with Crippen LogP contribution in [0.25, 0.3) is 0 Å². The third-order valence-corrected chi connectivity index (χ3v) is 5.79. The van der Waals surface area contributed by atoms with Crippen molar-refractivity contribution in [2.45, 2.75) is 23.5 Å². The number of nitrogens with two attached hydrogens (primary N) is 1. The Hall–Kier alpha value is -2.97. The predicted octanol–water partition coefficient (Wildman–Crippen LogP) is 2.85. The first-order valence-electron chi connectivity index (χ1n) is 7.98. The molecule has 0 amide bonds. The quantitative estimate of drug-likeness (QED) is 0.558. The summed E-state index contributed by atoms with van der Waals surface area (Å²) in [5.74, 6) is -0.699. The number of anilines is 1. The standard InChI is InChI=1S/C18H15F4N3O3S/c1-17(24,16(26)29(27,28)14-6-3-12(19)4-7-14)10-25-13-5-2-11(9-23)15(8-13)18(20,21)22/h2-8,25H,10,24H2,1H3/t17-/m1/s1. The molecule has 0 saturated heterocycles. The Labute approximate surface area is 163 Å².